The van der Waals surface area contributed by atoms with Crippen LogP contribution in [0.2, 0.25) is 0 Å². The van der Waals surface area contributed by atoms with Crippen molar-refractivity contribution in [2.24, 2.45) is 7.05 Å². The van der Waals surface area contributed by atoms with Crippen LogP contribution in [0.3, 0.4) is 0 Å². The molecule has 0 atom stereocenters. The van der Waals surface area contributed by atoms with Gasteiger partial charge >= 0.3 is 0 Å². The molecule has 0 aliphatic rings. The van der Waals surface area contributed by atoms with E-state index in [1.54, 1.807) is 10.9 Å². The molecule has 0 bridgehead atoms. The smallest absolute Gasteiger partial charge is 0.165 e. The molecule has 5 nitrogen and oxygen atoms in total. The topological polar surface area (TPSA) is 69.6 Å². The molecule has 2 aromatic heterocycles. The molecule has 0 saturated carbocycles. The van der Waals surface area contributed by atoms with E-state index >= 15 is 0 Å². The normalized spacial score (nSPS) is 11.8. The molecule has 0 amide bonds. The van der Waals surface area contributed by atoms with E-state index < -0.39 is 0 Å². The van der Waals surface area contributed by atoms with E-state index in [4.69, 9.17) is 5.73 Å². The van der Waals surface area contributed by atoms with E-state index in [2.05, 4.69) is 51.8 Å². The first-order valence-corrected chi connectivity index (χ1v) is 6.41. The first-order valence-electron chi connectivity index (χ1n) is 5.61. The third-order valence-corrected chi connectivity index (χ3v) is 3.16. The highest BCUT2D eigenvalue weighted by Crippen LogP contribution is 2.30. The molecule has 2 heterocycles. The molecular formula is C12H16BrN5. The van der Waals surface area contributed by atoms with E-state index in [-0.39, 0.29) is 5.41 Å². The maximum absolute atomic E-state index is 5.80. The molecule has 0 aliphatic carbocycles. The number of nitrogens with two attached hydrogens (primary N) is 1. The summed E-state index contributed by atoms with van der Waals surface area (Å²) in [5.74, 6) is 1.04. The molecule has 0 radical (unpaired) electrons. The van der Waals surface area contributed by atoms with Gasteiger partial charge in [-0.15, -0.1) is 0 Å². The van der Waals surface area contributed by atoms with Gasteiger partial charge in [0.25, 0.3) is 0 Å². The van der Waals surface area contributed by atoms with Crippen LogP contribution in [0.25, 0.3) is 11.4 Å². The summed E-state index contributed by atoms with van der Waals surface area (Å²) in [7, 11) is 1.89. The lowest BCUT2D eigenvalue weighted by Crippen LogP contribution is -2.14. The largest absolute Gasteiger partial charge is 0.383 e. The molecule has 96 valence electrons. The quantitative estimate of drug-likeness (QED) is 0.878. The van der Waals surface area contributed by atoms with E-state index in [1.807, 2.05) is 13.2 Å². The molecule has 2 rings (SSSR count). The number of rotatable bonds is 1. The summed E-state index contributed by atoms with van der Waals surface area (Å²) in [6.45, 7) is 6.34. The number of aromatic nitrogens is 4. The number of nitrogen functional groups attached to an aromatic ring is 1. The van der Waals surface area contributed by atoms with Crippen LogP contribution in [0.5, 0.6) is 0 Å². The fourth-order valence-corrected chi connectivity index (χ4v) is 1.91. The lowest BCUT2D eigenvalue weighted by atomic mass is 9.89. The first-order chi connectivity index (χ1) is 8.29. The second-order valence-corrected chi connectivity index (χ2v) is 6.10. The summed E-state index contributed by atoms with van der Waals surface area (Å²) in [5, 5.41) is 4.49. The van der Waals surface area contributed by atoms with Gasteiger partial charge < -0.3 is 5.73 Å². The summed E-state index contributed by atoms with van der Waals surface area (Å²) >= 11 is 3.29. The molecule has 2 aromatic rings. The van der Waals surface area contributed by atoms with Crippen LogP contribution >= 0.6 is 15.9 Å². The van der Waals surface area contributed by atoms with Crippen LogP contribution in [0, 0.1) is 0 Å². The fraction of sp³-hybridized carbons (Fsp3) is 0.417. The van der Waals surface area contributed by atoms with Gasteiger partial charge in [0.15, 0.2) is 5.82 Å². The van der Waals surface area contributed by atoms with Gasteiger partial charge in [0.1, 0.15) is 5.82 Å². The van der Waals surface area contributed by atoms with Gasteiger partial charge in [-0.2, -0.15) is 5.10 Å². The Balaban J connectivity index is 2.60. The van der Waals surface area contributed by atoms with Crippen molar-refractivity contribution >= 4 is 21.7 Å². The number of anilines is 1. The zero-order chi connectivity index (χ0) is 13.5. The molecule has 18 heavy (non-hydrogen) atoms. The maximum atomic E-state index is 5.80. The van der Waals surface area contributed by atoms with Gasteiger partial charge in [-0.1, -0.05) is 20.8 Å². The molecule has 0 unspecified atom stereocenters. The van der Waals surface area contributed by atoms with Crippen LogP contribution in [0.4, 0.5) is 5.82 Å². The van der Waals surface area contributed by atoms with Gasteiger partial charge in [-0.3, -0.25) is 4.68 Å². The minimum atomic E-state index is -0.0677. The molecule has 0 spiro atoms. The van der Waals surface area contributed by atoms with Crippen molar-refractivity contribution in [3.05, 3.63) is 22.6 Å². The SMILES string of the molecule is Cn1cc(-c2ncc(Br)c(N)n2)c(C(C)(C)C)n1. The highest BCUT2D eigenvalue weighted by molar-refractivity contribution is 9.10. The van der Waals surface area contributed by atoms with Crippen LogP contribution in [-0.4, -0.2) is 19.7 Å². The van der Waals surface area contributed by atoms with E-state index in [0.717, 1.165) is 11.3 Å². The summed E-state index contributed by atoms with van der Waals surface area (Å²) in [5.41, 5.74) is 7.62. The van der Waals surface area contributed by atoms with Crippen molar-refractivity contribution in [2.75, 3.05) is 5.73 Å². The van der Waals surface area contributed by atoms with Crippen molar-refractivity contribution in [1.82, 2.24) is 19.7 Å². The van der Waals surface area contributed by atoms with Crippen molar-refractivity contribution in [1.29, 1.82) is 0 Å². The molecule has 6 heteroatoms. The molecule has 0 aromatic carbocycles. The summed E-state index contributed by atoms with van der Waals surface area (Å²) in [6.07, 6.45) is 3.58. The van der Waals surface area contributed by atoms with Crippen molar-refractivity contribution in [3.8, 4) is 11.4 Å². The Kier molecular flexibility index (Phi) is 3.14. The summed E-state index contributed by atoms with van der Waals surface area (Å²) < 4.78 is 2.48. The van der Waals surface area contributed by atoms with Gasteiger partial charge in [0, 0.05) is 24.9 Å². The lowest BCUT2D eigenvalue weighted by molar-refractivity contribution is 0.554. The standard InChI is InChI=1S/C12H16BrN5/c1-12(2,3)9-7(6-18(4)17-9)11-15-5-8(13)10(14)16-11/h5-6H,1-4H3,(H2,14,15,16). The van der Waals surface area contributed by atoms with E-state index in [0.29, 0.717) is 16.1 Å². The van der Waals surface area contributed by atoms with Crippen molar-refractivity contribution < 1.29 is 0 Å². The molecule has 2 N–H and O–H groups in total. The van der Waals surface area contributed by atoms with Crippen LogP contribution in [-0.2, 0) is 12.5 Å². The molecule has 0 fully saturated rings. The maximum Gasteiger partial charge on any atom is 0.165 e. The Morgan fingerprint density at radius 3 is 2.56 bits per heavy atom. The third-order valence-electron chi connectivity index (χ3n) is 2.55. The van der Waals surface area contributed by atoms with Crippen molar-refractivity contribution in [3.63, 3.8) is 0 Å². The number of nitrogens with zero attached hydrogens (tertiary/aromatic N) is 4. The Hall–Kier alpha value is -1.43. The van der Waals surface area contributed by atoms with E-state index in [1.165, 1.54) is 0 Å². The average molecular weight is 310 g/mol. The fourth-order valence-electron chi connectivity index (χ4n) is 1.72. The Morgan fingerprint density at radius 2 is 2.00 bits per heavy atom. The number of aryl methyl sites for hydroxylation is 1. The van der Waals surface area contributed by atoms with Gasteiger partial charge in [-0.25, -0.2) is 9.97 Å². The van der Waals surface area contributed by atoms with E-state index in [9.17, 15) is 0 Å². The zero-order valence-electron chi connectivity index (χ0n) is 10.9. The molecule has 0 saturated heterocycles. The van der Waals surface area contributed by atoms with Crippen LogP contribution < -0.4 is 5.73 Å². The minimum absolute atomic E-state index is 0.0677. The van der Waals surface area contributed by atoms with Gasteiger partial charge in [0.05, 0.1) is 15.7 Å². The zero-order valence-corrected chi connectivity index (χ0v) is 12.5. The molecular weight excluding hydrogens is 294 g/mol. The minimum Gasteiger partial charge on any atom is -0.383 e. The Labute approximate surface area is 115 Å². The number of halogens is 1. The summed E-state index contributed by atoms with van der Waals surface area (Å²) in [6, 6.07) is 0. The average Bonchev–Trinajstić information content (AvgIpc) is 2.64. The number of hydrogen-bond acceptors (Lipinski definition) is 4. The second-order valence-electron chi connectivity index (χ2n) is 5.24. The predicted molar refractivity (Wildman–Crippen MR) is 75.0 cm³/mol. The van der Waals surface area contributed by atoms with Crippen LogP contribution in [0.15, 0.2) is 16.9 Å². The van der Waals surface area contributed by atoms with Crippen LogP contribution in [0.1, 0.15) is 26.5 Å². The van der Waals surface area contributed by atoms with Gasteiger partial charge in [0.2, 0.25) is 0 Å². The predicted octanol–water partition coefficient (Wildman–Crippen LogP) is 2.52. The third kappa shape index (κ3) is 2.38. The number of hydrogen-bond donors (Lipinski definition) is 1. The second kappa shape index (κ2) is 4.35. The molecule has 0 aliphatic heterocycles. The Morgan fingerprint density at radius 1 is 1.33 bits per heavy atom. The highest BCUT2D eigenvalue weighted by Gasteiger charge is 2.24. The Bertz CT molecular complexity index is 583. The van der Waals surface area contributed by atoms with Gasteiger partial charge in [-0.05, 0) is 15.9 Å². The monoisotopic (exact) mass is 309 g/mol. The summed E-state index contributed by atoms with van der Waals surface area (Å²) in [4.78, 5) is 8.60. The highest BCUT2D eigenvalue weighted by atomic mass is 79.9. The van der Waals surface area contributed by atoms with Crippen molar-refractivity contribution in [2.45, 2.75) is 26.2 Å². The lowest BCUT2D eigenvalue weighted by Gasteiger charge is -2.16. The first kappa shape index (κ1) is 13.0.